The van der Waals surface area contributed by atoms with Crippen molar-refractivity contribution in [3.63, 3.8) is 0 Å². The molecule has 30 heavy (non-hydrogen) atoms. The third kappa shape index (κ3) is 4.05. The Morgan fingerprint density at radius 1 is 1.03 bits per heavy atom. The minimum absolute atomic E-state index is 0.0221. The number of para-hydroxylation sites is 1. The fourth-order valence-electron chi connectivity index (χ4n) is 3.48. The van der Waals surface area contributed by atoms with Gasteiger partial charge in [-0.1, -0.05) is 6.07 Å². The van der Waals surface area contributed by atoms with Crippen LogP contribution in [0.1, 0.15) is 23.2 Å². The zero-order valence-electron chi connectivity index (χ0n) is 16.9. The van der Waals surface area contributed by atoms with E-state index >= 15 is 0 Å². The zero-order valence-corrected chi connectivity index (χ0v) is 16.9. The second-order valence-corrected chi connectivity index (χ2v) is 6.83. The molecule has 156 valence electrons. The Balaban J connectivity index is 1.35. The standard InChI is InChI=1S/C21H23N5O4/c1-28-17-6-3-5-16(20(17)29-2)21(27)25-13-9-15(10-14-25)30-19-8-7-18(23-24-19)26-12-4-11-22-26/h3-8,11-12,15H,9-10,13-14H2,1-2H3. The number of methoxy groups -OCH3 is 2. The van der Waals surface area contributed by atoms with Crippen molar-refractivity contribution in [2.45, 2.75) is 18.9 Å². The summed E-state index contributed by atoms with van der Waals surface area (Å²) < 4.78 is 18.3. The average molecular weight is 409 g/mol. The van der Waals surface area contributed by atoms with Gasteiger partial charge in [0.25, 0.3) is 5.91 Å². The molecule has 3 aromatic rings. The van der Waals surface area contributed by atoms with Gasteiger partial charge in [0.2, 0.25) is 5.88 Å². The number of piperidine rings is 1. The molecule has 1 aliphatic rings. The lowest BCUT2D eigenvalue weighted by molar-refractivity contribution is 0.0582. The Kier molecular flexibility index (Phi) is 5.78. The number of rotatable bonds is 6. The van der Waals surface area contributed by atoms with E-state index in [0.717, 1.165) is 0 Å². The van der Waals surface area contributed by atoms with Crippen molar-refractivity contribution < 1.29 is 19.0 Å². The van der Waals surface area contributed by atoms with Crippen molar-refractivity contribution in [2.75, 3.05) is 27.3 Å². The number of hydrogen-bond acceptors (Lipinski definition) is 7. The van der Waals surface area contributed by atoms with Crippen molar-refractivity contribution in [3.05, 3.63) is 54.4 Å². The highest BCUT2D eigenvalue weighted by molar-refractivity contribution is 5.97. The number of nitrogens with zero attached hydrogens (tertiary/aromatic N) is 5. The number of hydrogen-bond donors (Lipinski definition) is 0. The molecule has 0 spiro atoms. The molecule has 0 aliphatic carbocycles. The highest BCUT2D eigenvalue weighted by Crippen LogP contribution is 2.32. The highest BCUT2D eigenvalue weighted by Gasteiger charge is 2.27. The summed E-state index contributed by atoms with van der Waals surface area (Å²) in [6, 6.07) is 10.7. The molecule has 0 N–H and O–H groups in total. The molecule has 1 fully saturated rings. The summed E-state index contributed by atoms with van der Waals surface area (Å²) in [4.78, 5) is 14.8. The van der Waals surface area contributed by atoms with Gasteiger partial charge in [-0.2, -0.15) is 5.10 Å². The Morgan fingerprint density at radius 2 is 1.87 bits per heavy atom. The number of likely N-dealkylation sites (tertiary alicyclic amines) is 1. The van der Waals surface area contributed by atoms with E-state index in [1.807, 2.05) is 17.0 Å². The average Bonchev–Trinajstić information content (AvgIpc) is 3.34. The highest BCUT2D eigenvalue weighted by atomic mass is 16.5. The lowest BCUT2D eigenvalue weighted by Crippen LogP contribution is -2.42. The minimum atomic E-state index is -0.0763. The van der Waals surface area contributed by atoms with E-state index in [-0.39, 0.29) is 12.0 Å². The molecule has 1 aliphatic heterocycles. The minimum Gasteiger partial charge on any atom is -0.493 e. The zero-order chi connectivity index (χ0) is 20.9. The first-order chi connectivity index (χ1) is 14.7. The van der Waals surface area contributed by atoms with Crippen molar-refractivity contribution in [1.82, 2.24) is 24.9 Å². The van der Waals surface area contributed by atoms with Gasteiger partial charge in [-0.15, -0.1) is 10.2 Å². The summed E-state index contributed by atoms with van der Waals surface area (Å²) in [6.45, 7) is 1.17. The molecule has 0 unspecified atom stereocenters. The van der Waals surface area contributed by atoms with Crippen LogP contribution in [0.25, 0.3) is 5.82 Å². The van der Waals surface area contributed by atoms with Gasteiger partial charge in [0.1, 0.15) is 6.10 Å². The molecule has 4 rings (SSSR count). The Morgan fingerprint density at radius 3 is 2.50 bits per heavy atom. The first kappa shape index (κ1) is 19.7. The Bertz CT molecular complexity index is 983. The Hall–Kier alpha value is -3.62. The van der Waals surface area contributed by atoms with E-state index in [1.165, 1.54) is 7.11 Å². The van der Waals surface area contributed by atoms with Crippen LogP contribution in [0.2, 0.25) is 0 Å². The van der Waals surface area contributed by atoms with Crippen molar-refractivity contribution >= 4 is 5.91 Å². The lowest BCUT2D eigenvalue weighted by atomic mass is 10.1. The van der Waals surface area contributed by atoms with Gasteiger partial charge in [0, 0.05) is 44.4 Å². The summed E-state index contributed by atoms with van der Waals surface area (Å²) in [5.74, 6) is 2.01. The van der Waals surface area contributed by atoms with Gasteiger partial charge >= 0.3 is 0 Å². The predicted molar refractivity (Wildman–Crippen MR) is 108 cm³/mol. The van der Waals surface area contributed by atoms with Crippen LogP contribution in [-0.4, -0.2) is 64.2 Å². The van der Waals surface area contributed by atoms with Crippen LogP contribution in [0.3, 0.4) is 0 Å². The van der Waals surface area contributed by atoms with Crippen molar-refractivity contribution in [1.29, 1.82) is 0 Å². The van der Waals surface area contributed by atoms with E-state index in [1.54, 1.807) is 48.5 Å². The number of ether oxygens (including phenoxy) is 3. The maximum atomic E-state index is 13.0. The van der Waals surface area contributed by atoms with Gasteiger partial charge in [-0.3, -0.25) is 4.79 Å². The van der Waals surface area contributed by atoms with Crippen LogP contribution in [0, 0.1) is 0 Å². The number of aromatic nitrogens is 4. The first-order valence-electron chi connectivity index (χ1n) is 9.70. The number of carbonyl (C=O) groups is 1. The predicted octanol–water partition coefficient (Wildman–Crippen LogP) is 2.36. The normalized spacial score (nSPS) is 14.4. The topological polar surface area (TPSA) is 91.6 Å². The van der Waals surface area contributed by atoms with Crippen LogP contribution in [-0.2, 0) is 0 Å². The summed E-state index contributed by atoms with van der Waals surface area (Å²) in [5, 5.41) is 12.4. The van der Waals surface area contributed by atoms with Crippen molar-refractivity contribution in [3.8, 4) is 23.2 Å². The fourth-order valence-corrected chi connectivity index (χ4v) is 3.48. The number of carbonyl (C=O) groups excluding carboxylic acids is 1. The Labute approximate surface area is 174 Å². The first-order valence-corrected chi connectivity index (χ1v) is 9.70. The third-order valence-electron chi connectivity index (χ3n) is 5.02. The molecule has 1 amide bonds. The molecule has 2 aromatic heterocycles. The van der Waals surface area contributed by atoms with Crippen LogP contribution in [0.4, 0.5) is 0 Å². The molecule has 3 heterocycles. The second-order valence-electron chi connectivity index (χ2n) is 6.83. The molecular weight excluding hydrogens is 386 g/mol. The molecular formula is C21H23N5O4. The number of benzene rings is 1. The summed E-state index contributed by atoms with van der Waals surface area (Å²) in [7, 11) is 3.09. The van der Waals surface area contributed by atoms with Crippen LogP contribution >= 0.6 is 0 Å². The monoisotopic (exact) mass is 409 g/mol. The van der Waals surface area contributed by atoms with E-state index < -0.39 is 0 Å². The van der Waals surface area contributed by atoms with E-state index in [0.29, 0.717) is 54.7 Å². The molecule has 9 nitrogen and oxygen atoms in total. The maximum absolute atomic E-state index is 13.0. The van der Waals surface area contributed by atoms with Crippen LogP contribution in [0.5, 0.6) is 17.4 Å². The summed E-state index contributed by atoms with van der Waals surface area (Å²) in [5.41, 5.74) is 0.497. The molecule has 0 atom stereocenters. The van der Waals surface area contributed by atoms with E-state index in [4.69, 9.17) is 14.2 Å². The van der Waals surface area contributed by atoms with Gasteiger partial charge in [-0.25, -0.2) is 4.68 Å². The largest absolute Gasteiger partial charge is 0.493 e. The van der Waals surface area contributed by atoms with Gasteiger partial charge in [-0.05, 0) is 24.3 Å². The van der Waals surface area contributed by atoms with Gasteiger partial charge < -0.3 is 19.1 Å². The second kappa shape index (κ2) is 8.81. The third-order valence-corrected chi connectivity index (χ3v) is 5.02. The molecule has 9 heteroatoms. The maximum Gasteiger partial charge on any atom is 0.257 e. The molecule has 1 aromatic carbocycles. The van der Waals surface area contributed by atoms with Gasteiger partial charge in [0.05, 0.1) is 19.8 Å². The molecule has 1 saturated heterocycles. The lowest BCUT2D eigenvalue weighted by Gasteiger charge is -2.32. The van der Waals surface area contributed by atoms with E-state index in [9.17, 15) is 4.79 Å². The molecule has 0 radical (unpaired) electrons. The van der Waals surface area contributed by atoms with E-state index in [2.05, 4.69) is 15.3 Å². The molecule has 0 saturated carbocycles. The molecule has 0 bridgehead atoms. The van der Waals surface area contributed by atoms with Gasteiger partial charge in [0.15, 0.2) is 17.3 Å². The van der Waals surface area contributed by atoms with Crippen LogP contribution < -0.4 is 14.2 Å². The van der Waals surface area contributed by atoms with Crippen LogP contribution in [0.15, 0.2) is 48.8 Å². The van der Waals surface area contributed by atoms with Crippen molar-refractivity contribution in [2.24, 2.45) is 0 Å². The fraction of sp³-hybridized carbons (Fsp3) is 0.333. The SMILES string of the molecule is COc1cccc(C(=O)N2CCC(Oc3ccc(-n4cccn4)nn3)CC2)c1OC. The summed E-state index contributed by atoms with van der Waals surface area (Å²) >= 11 is 0. The smallest absolute Gasteiger partial charge is 0.257 e. The quantitative estimate of drug-likeness (QED) is 0.617. The number of amides is 1. The summed E-state index contributed by atoms with van der Waals surface area (Å²) in [6.07, 6.45) is 4.88.